The van der Waals surface area contributed by atoms with Gasteiger partial charge in [0.15, 0.2) is 0 Å². The quantitative estimate of drug-likeness (QED) is 0.668. The average molecular weight is 414 g/mol. The second-order valence-electron chi connectivity index (χ2n) is 6.21. The number of aryl methyl sites for hydroxylation is 2. The fourth-order valence-electron chi connectivity index (χ4n) is 2.90. The van der Waals surface area contributed by atoms with Gasteiger partial charge in [-0.3, -0.25) is 9.59 Å². The number of halogens is 1. The second-order valence-corrected chi connectivity index (χ2v) is 7.13. The van der Waals surface area contributed by atoms with Gasteiger partial charge in [0, 0.05) is 21.4 Å². The number of hydrogen-bond acceptors (Lipinski definition) is 2. The average Bonchev–Trinajstić information content (AvgIpc) is 2.91. The number of para-hydroxylation sites is 1. The molecule has 1 heterocycles. The van der Waals surface area contributed by atoms with Crippen LogP contribution in [0.5, 0.6) is 0 Å². The summed E-state index contributed by atoms with van der Waals surface area (Å²) in [4.78, 5) is 24.3. The highest BCUT2D eigenvalue weighted by molar-refractivity contribution is 9.10. The summed E-state index contributed by atoms with van der Waals surface area (Å²) >= 11 is 3.39. The molecule has 0 fully saturated rings. The fourth-order valence-corrected chi connectivity index (χ4v) is 3.37. The van der Waals surface area contributed by atoms with Crippen LogP contribution in [-0.4, -0.2) is 22.9 Å². The van der Waals surface area contributed by atoms with Gasteiger partial charge in [-0.25, -0.2) is 0 Å². The summed E-state index contributed by atoms with van der Waals surface area (Å²) in [6, 6.07) is 15.6. The van der Waals surface area contributed by atoms with Crippen LogP contribution in [0, 0.1) is 13.8 Å². The van der Waals surface area contributed by atoms with E-state index >= 15 is 0 Å². The Morgan fingerprint density at radius 3 is 2.58 bits per heavy atom. The topological polar surface area (TPSA) is 63.1 Å². The van der Waals surface area contributed by atoms with Crippen LogP contribution >= 0.6 is 15.9 Å². The van der Waals surface area contributed by atoms with Gasteiger partial charge < -0.3 is 15.2 Å². The molecule has 26 heavy (non-hydrogen) atoms. The second kappa shape index (κ2) is 7.74. The van der Waals surface area contributed by atoms with E-state index < -0.39 is 0 Å². The minimum Gasteiger partial charge on any atom is -0.345 e. The summed E-state index contributed by atoms with van der Waals surface area (Å²) in [6.07, 6.45) is 0. The molecule has 0 aliphatic carbocycles. The molecule has 0 saturated carbocycles. The molecule has 0 bridgehead atoms. The van der Waals surface area contributed by atoms with E-state index in [9.17, 15) is 9.59 Å². The lowest BCUT2D eigenvalue weighted by Gasteiger charge is -2.11. The molecule has 3 rings (SSSR count). The highest BCUT2D eigenvalue weighted by atomic mass is 79.9. The van der Waals surface area contributed by atoms with E-state index in [0.717, 1.165) is 32.3 Å². The van der Waals surface area contributed by atoms with Crippen molar-refractivity contribution in [2.75, 3.05) is 11.9 Å². The van der Waals surface area contributed by atoms with Gasteiger partial charge in [-0.1, -0.05) is 34.1 Å². The lowest BCUT2D eigenvalue weighted by atomic mass is 10.2. The first-order valence-corrected chi connectivity index (χ1v) is 9.11. The van der Waals surface area contributed by atoms with Crippen LogP contribution < -0.4 is 10.6 Å². The van der Waals surface area contributed by atoms with Gasteiger partial charge in [0.2, 0.25) is 11.8 Å². The number of aromatic nitrogens is 1. The molecule has 6 heteroatoms. The van der Waals surface area contributed by atoms with E-state index in [-0.39, 0.29) is 24.9 Å². The molecule has 0 aliphatic heterocycles. The van der Waals surface area contributed by atoms with Crippen LogP contribution in [0.25, 0.3) is 10.9 Å². The van der Waals surface area contributed by atoms with E-state index in [2.05, 4.69) is 26.6 Å². The van der Waals surface area contributed by atoms with Crippen LogP contribution in [-0.2, 0) is 16.1 Å². The number of fused-ring (bicyclic) bond motifs is 1. The molecule has 0 radical (unpaired) electrons. The fraction of sp³-hybridized carbons (Fsp3) is 0.200. The van der Waals surface area contributed by atoms with Gasteiger partial charge in [0.1, 0.15) is 6.54 Å². The summed E-state index contributed by atoms with van der Waals surface area (Å²) in [5.41, 5.74) is 3.71. The first-order chi connectivity index (χ1) is 12.4. The first kappa shape index (κ1) is 18.2. The molecular weight excluding hydrogens is 394 g/mol. The summed E-state index contributed by atoms with van der Waals surface area (Å²) in [7, 11) is 0. The van der Waals surface area contributed by atoms with Crippen molar-refractivity contribution in [1.82, 2.24) is 9.88 Å². The molecule has 134 valence electrons. The van der Waals surface area contributed by atoms with Crippen LogP contribution in [0.1, 0.15) is 11.3 Å². The molecule has 3 aromatic rings. The highest BCUT2D eigenvalue weighted by Gasteiger charge is 2.11. The van der Waals surface area contributed by atoms with Crippen molar-refractivity contribution >= 4 is 44.3 Å². The van der Waals surface area contributed by atoms with Gasteiger partial charge in [-0.15, -0.1) is 0 Å². The Hall–Kier alpha value is -2.60. The minimum atomic E-state index is -0.252. The summed E-state index contributed by atoms with van der Waals surface area (Å²) in [5, 5.41) is 6.59. The number of anilines is 1. The number of amides is 2. The maximum Gasteiger partial charge on any atom is 0.243 e. The molecule has 0 saturated heterocycles. The SMILES string of the molecule is Cc1cc(Br)ccc1NC(=O)CNC(=O)Cn1c(C)cc2ccccc21. The van der Waals surface area contributed by atoms with Gasteiger partial charge in [0.25, 0.3) is 0 Å². The summed E-state index contributed by atoms with van der Waals surface area (Å²) in [6.45, 7) is 4.01. The standard InChI is InChI=1S/C20H20BrN3O2/c1-13-9-16(21)7-8-17(13)23-19(25)11-22-20(26)12-24-14(2)10-15-5-3-4-6-18(15)24/h3-10H,11-12H2,1-2H3,(H,22,26)(H,23,25). The first-order valence-electron chi connectivity index (χ1n) is 8.31. The third-order valence-electron chi connectivity index (χ3n) is 4.23. The van der Waals surface area contributed by atoms with Crippen LogP contribution in [0.4, 0.5) is 5.69 Å². The van der Waals surface area contributed by atoms with Crippen LogP contribution in [0.15, 0.2) is 53.0 Å². The molecule has 0 unspecified atom stereocenters. The minimum absolute atomic E-state index is 0.0629. The van der Waals surface area contributed by atoms with E-state index in [0.29, 0.717) is 0 Å². The normalized spacial score (nSPS) is 10.7. The number of carbonyl (C=O) groups excluding carboxylic acids is 2. The van der Waals surface area contributed by atoms with E-state index in [1.54, 1.807) is 0 Å². The van der Waals surface area contributed by atoms with Crippen molar-refractivity contribution in [3.63, 3.8) is 0 Å². The van der Waals surface area contributed by atoms with Gasteiger partial charge in [-0.05, 0) is 55.1 Å². The van der Waals surface area contributed by atoms with Crippen molar-refractivity contribution in [2.24, 2.45) is 0 Å². The highest BCUT2D eigenvalue weighted by Crippen LogP contribution is 2.20. The summed E-state index contributed by atoms with van der Waals surface area (Å²) < 4.78 is 2.90. The van der Waals surface area contributed by atoms with Crippen molar-refractivity contribution in [3.05, 3.63) is 64.3 Å². The van der Waals surface area contributed by atoms with Crippen molar-refractivity contribution < 1.29 is 9.59 Å². The zero-order valence-corrected chi connectivity index (χ0v) is 16.3. The zero-order chi connectivity index (χ0) is 18.7. The Balaban J connectivity index is 1.58. The Bertz CT molecular complexity index is 978. The van der Waals surface area contributed by atoms with E-state index in [4.69, 9.17) is 0 Å². The lowest BCUT2D eigenvalue weighted by Crippen LogP contribution is -2.35. The molecule has 0 spiro atoms. The smallest absolute Gasteiger partial charge is 0.243 e. The number of nitrogens with one attached hydrogen (secondary N) is 2. The Kier molecular flexibility index (Phi) is 5.42. The maximum absolute atomic E-state index is 12.3. The van der Waals surface area contributed by atoms with Crippen LogP contribution in [0.3, 0.4) is 0 Å². The van der Waals surface area contributed by atoms with Gasteiger partial charge >= 0.3 is 0 Å². The largest absolute Gasteiger partial charge is 0.345 e. The van der Waals surface area contributed by atoms with E-state index in [1.165, 1.54) is 0 Å². The molecule has 5 nitrogen and oxygen atoms in total. The molecule has 1 aromatic heterocycles. The van der Waals surface area contributed by atoms with Crippen molar-refractivity contribution in [2.45, 2.75) is 20.4 Å². The Labute approximate surface area is 160 Å². The summed E-state index contributed by atoms with van der Waals surface area (Å²) in [5.74, 6) is -0.449. The van der Waals surface area contributed by atoms with E-state index in [1.807, 2.05) is 66.9 Å². The number of benzene rings is 2. The maximum atomic E-state index is 12.3. The third-order valence-corrected chi connectivity index (χ3v) is 4.72. The molecular formula is C20H20BrN3O2. The van der Waals surface area contributed by atoms with Crippen molar-refractivity contribution in [1.29, 1.82) is 0 Å². The number of nitrogens with zero attached hydrogens (tertiary/aromatic N) is 1. The molecule has 0 aliphatic rings. The van der Waals surface area contributed by atoms with Crippen molar-refractivity contribution in [3.8, 4) is 0 Å². The number of hydrogen-bond donors (Lipinski definition) is 2. The molecule has 2 amide bonds. The number of carbonyl (C=O) groups is 2. The predicted octanol–water partition coefficient (Wildman–Crippen LogP) is 3.78. The van der Waals surface area contributed by atoms with Crippen LogP contribution in [0.2, 0.25) is 0 Å². The van der Waals surface area contributed by atoms with Gasteiger partial charge in [0.05, 0.1) is 6.54 Å². The molecule has 0 atom stereocenters. The monoisotopic (exact) mass is 413 g/mol. The Morgan fingerprint density at radius 2 is 1.81 bits per heavy atom. The lowest BCUT2D eigenvalue weighted by molar-refractivity contribution is -0.124. The zero-order valence-electron chi connectivity index (χ0n) is 14.7. The number of rotatable bonds is 5. The molecule has 2 N–H and O–H groups in total. The predicted molar refractivity (Wildman–Crippen MR) is 107 cm³/mol. The Morgan fingerprint density at radius 1 is 1.04 bits per heavy atom. The molecule has 2 aromatic carbocycles. The third kappa shape index (κ3) is 4.14. The van der Waals surface area contributed by atoms with Gasteiger partial charge in [-0.2, -0.15) is 0 Å².